The molecule has 0 aromatic heterocycles. The first kappa shape index (κ1) is 17.0. The average molecular weight is 332 g/mol. The van der Waals surface area contributed by atoms with Gasteiger partial charge >= 0.3 is 0 Å². The highest BCUT2D eigenvalue weighted by atomic mass is 35.5. The van der Waals surface area contributed by atoms with E-state index >= 15 is 0 Å². The van der Waals surface area contributed by atoms with Crippen molar-refractivity contribution < 1.29 is 14.3 Å². The van der Waals surface area contributed by atoms with Gasteiger partial charge in [0, 0.05) is 17.1 Å². The van der Waals surface area contributed by atoms with E-state index in [-0.39, 0.29) is 11.7 Å². The second-order valence-corrected chi connectivity index (χ2v) is 5.62. The van der Waals surface area contributed by atoms with Crippen molar-refractivity contribution in [3.63, 3.8) is 0 Å². The first-order valence-electron chi connectivity index (χ1n) is 7.25. The summed E-state index contributed by atoms with van der Waals surface area (Å²) in [6.07, 6.45) is -0.634. The normalized spacial score (nSPS) is 11.6. The van der Waals surface area contributed by atoms with Gasteiger partial charge in [-0.3, -0.25) is 9.59 Å². The predicted octanol–water partition coefficient (Wildman–Crippen LogP) is 3.63. The zero-order valence-electron chi connectivity index (χ0n) is 13.0. The summed E-state index contributed by atoms with van der Waals surface area (Å²) in [4.78, 5) is 23.3. The summed E-state index contributed by atoms with van der Waals surface area (Å²) in [7, 11) is 0. The van der Waals surface area contributed by atoms with Gasteiger partial charge in [0.2, 0.25) is 0 Å². The highest BCUT2D eigenvalue weighted by Crippen LogP contribution is 2.14. The van der Waals surface area contributed by atoms with Gasteiger partial charge in [-0.1, -0.05) is 23.7 Å². The molecule has 0 heterocycles. The first-order chi connectivity index (χ1) is 11.0. The maximum Gasteiger partial charge on any atom is 0.261 e. The maximum atomic E-state index is 12.0. The third kappa shape index (κ3) is 5.11. The van der Waals surface area contributed by atoms with Crippen molar-refractivity contribution in [3.05, 3.63) is 64.7 Å². The number of Topliss-reactive ketones (excluding diaryl/α,β-unsaturated/α-hetero) is 1. The molecule has 0 saturated carbocycles. The Hall–Kier alpha value is -2.33. The van der Waals surface area contributed by atoms with Crippen LogP contribution < -0.4 is 10.1 Å². The SMILES string of the molecule is CC(=O)c1ccc(O[C@@H](C)C(=O)NCc2ccc(Cl)cc2)cc1. The minimum absolute atomic E-state index is 0.00898. The van der Waals surface area contributed by atoms with Crippen LogP contribution in [0.25, 0.3) is 0 Å². The fraction of sp³-hybridized carbons (Fsp3) is 0.222. The predicted molar refractivity (Wildman–Crippen MR) is 89.8 cm³/mol. The van der Waals surface area contributed by atoms with Gasteiger partial charge < -0.3 is 10.1 Å². The van der Waals surface area contributed by atoms with Gasteiger partial charge in [0.1, 0.15) is 5.75 Å². The number of benzene rings is 2. The molecule has 2 aromatic carbocycles. The minimum Gasteiger partial charge on any atom is -0.481 e. The van der Waals surface area contributed by atoms with Gasteiger partial charge in [-0.2, -0.15) is 0 Å². The fourth-order valence-electron chi connectivity index (χ4n) is 1.96. The Balaban J connectivity index is 1.86. The van der Waals surface area contributed by atoms with Crippen LogP contribution in [0.1, 0.15) is 29.8 Å². The van der Waals surface area contributed by atoms with E-state index in [4.69, 9.17) is 16.3 Å². The Labute approximate surface area is 140 Å². The zero-order valence-corrected chi connectivity index (χ0v) is 13.8. The van der Waals surface area contributed by atoms with Crippen LogP contribution in [-0.2, 0) is 11.3 Å². The Kier molecular flexibility index (Phi) is 5.77. The van der Waals surface area contributed by atoms with Gasteiger partial charge in [0.15, 0.2) is 11.9 Å². The second kappa shape index (κ2) is 7.79. The molecule has 0 aliphatic rings. The molecule has 2 rings (SSSR count). The summed E-state index contributed by atoms with van der Waals surface area (Å²) in [6.45, 7) is 3.59. The van der Waals surface area contributed by atoms with Crippen molar-refractivity contribution in [1.29, 1.82) is 0 Å². The first-order valence-corrected chi connectivity index (χ1v) is 7.63. The van der Waals surface area contributed by atoms with E-state index in [0.717, 1.165) is 5.56 Å². The standard InChI is InChI=1S/C18H18ClNO3/c1-12(21)15-5-9-17(10-6-15)23-13(2)18(22)20-11-14-3-7-16(19)8-4-14/h3-10,13H,11H2,1-2H3,(H,20,22)/t13-/m0/s1. The van der Waals surface area contributed by atoms with Crippen LogP contribution in [0.3, 0.4) is 0 Å². The lowest BCUT2D eigenvalue weighted by Gasteiger charge is -2.15. The molecule has 0 aliphatic heterocycles. The van der Waals surface area contributed by atoms with Crippen LogP contribution in [0, 0.1) is 0 Å². The Bertz CT molecular complexity index is 680. The monoisotopic (exact) mass is 331 g/mol. The van der Waals surface area contributed by atoms with Crippen molar-refractivity contribution in [1.82, 2.24) is 5.32 Å². The van der Waals surface area contributed by atoms with Crippen molar-refractivity contribution in [2.24, 2.45) is 0 Å². The molecular formula is C18H18ClNO3. The van der Waals surface area contributed by atoms with E-state index in [1.807, 2.05) is 12.1 Å². The van der Waals surface area contributed by atoms with Crippen LogP contribution in [-0.4, -0.2) is 17.8 Å². The molecule has 0 aliphatic carbocycles. The summed E-state index contributed by atoms with van der Waals surface area (Å²) in [5.74, 6) is 0.324. The lowest BCUT2D eigenvalue weighted by molar-refractivity contribution is -0.127. The van der Waals surface area contributed by atoms with E-state index in [9.17, 15) is 9.59 Å². The number of amides is 1. The largest absolute Gasteiger partial charge is 0.481 e. The highest BCUT2D eigenvalue weighted by Gasteiger charge is 2.14. The quantitative estimate of drug-likeness (QED) is 0.822. The Morgan fingerprint density at radius 3 is 2.26 bits per heavy atom. The number of hydrogen-bond donors (Lipinski definition) is 1. The molecule has 0 spiro atoms. The molecule has 23 heavy (non-hydrogen) atoms. The van der Waals surface area contributed by atoms with E-state index < -0.39 is 6.10 Å². The number of rotatable bonds is 6. The number of halogens is 1. The molecule has 2 aromatic rings. The summed E-state index contributed by atoms with van der Waals surface area (Å²) in [5.41, 5.74) is 1.57. The van der Waals surface area contributed by atoms with Gasteiger partial charge in [-0.05, 0) is 55.8 Å². The van der Waals surface area contributed by atoms with Crippen LogP contribution in [0.15, 0.2) is 48.5 Å². The van der Waals surface area contributed by atoms with Crippen molar-refractivity contribution in [2.75, 3.05) is 0 Å². The molecule has 0 bridgehead atoms. The lowest BCUT2D eigenvalue weighted by Crippen LogP contribution is -2.35. The molecule has 120 valence electrons. The Morgan fingerprint density at radius 1 is 1.09 bits per heavy atom. The summed E-state index contributed by atoms with van der Waals surface area (Å²) in [6, 6.07) is 14.0. The molecule has 0 saturated heterocycles. The van der Waals surface area contributed by atoms with Gasteiger partial charge in [0.05, 0.1) is 0 Å². The number of carbonyl (C=O) groups excluding carboxylic acids is 2. The van der Waals surface area contributed by atoms with Crippen molar-refractivity contribution >= 4 is 23.3 Å². The van der Waals surface area contributed by atoms with E-state index in [1.165, 1.54) is 6.92 Å². The highest BCUT2D eigenvalue weighted by molar-refractivity contribution is 6.30. The van der Waals surface area contributed by atoms with Crippen LogP contribution in [0.5, 0.6) is 5.75 Å². The zero-order chi connectivity index (χ0) is 16.8. The number of ketones is 1. The minimum atomic E-state index is -0.634. The van der Waals surface area contributed by atoms with Crippen LogP contribution in [0.2, 0.25) is 5.02 Å². The number of ether oxygens (including phenoxy) is 1. The summed E-state index contributed by atoms with van der Waals surface area (Å²) >= 11 is 5.82. The molecule has 4 nitrogen and oxygen atoms in total. The Morgan fingerprint density at radius 2 is 1.70 bits per heavy atom. The van der Waals surface area contributed by atoms with Gasteiger partial charge in [-0.15, -0.1) is 0 Å². The maximum absolute atomic E-state index is 12.0. The third-order valence-corrected chi connectivity index (χ3v) is 3.57. The molecule has 1 amide bonds. The van der Waals surface area contributed by atoms with E-state index in [1.54, 1.807) is 43.3 Å². The summed E-state index contributed by atoms with van der Waals surface area (Å²) in [5, 5.41) is 3.47. The van der Waals surface area contributed by atoms with Crippen LogP contribution in [0.4, 0.5) is 0 Å². The summed E-state index contributed by atoms with van der Waals surface area (Å²) < 4.78 is 5.57. The molecule has 0 radical (unpaired) electrons. The molecule has 0 fully saturated rings. The lowest BCUT2D eigenvalue weighted by atomic mass is 10.1. The van der Waals surface area contributed by atoms with E-state index in [2.05, 4.69) is 5.32 Å². The molecule has 0 unspecified atom stereocenters. The number of carbonyl (C=O) groups is 2. The van der Waals surface area contributed by atoms with Gasteiger partial charge in [0.25, 0.3) is 5.91 Å². The number of hydrogen-bond acceptors (Lipinski definition) is 3. The van der Waals surface area contributed by atoms with Crippen LogP contribution >= 0.6 is 11.6 Å². The van der Waals surface area contributed by atoms with E-state index in [0.29, 0.717) is 22.9 Å². The molecule has 5 heteroatoms. The molecule has 1 atom stereocenters. The third-order valence-electron chi connectivity index (χ3n) is 3.32. The average Bonchev–Trinajstić information content (AvgIpc) is 2.54. The topological polar surface area (TPSA) is 55.4 Å². The smallest absolute Gasteiger partial charge is 0.261 e. The molecule has 1 N–H and O–H groups in total. The van der Waals surface area contributed by atoms with Crippen molar-refractivity contribution in [2.45, 2.75) is 26.5 Å². The second-order valence-electron chi connectivity index (χ2n) is 5.18. The van der Waals surface area contributed by atoms with Gasteiger partial charge in [-0.25, -0.2) is 0 Å². The molecular weight excluding hydrogens is 314 g/mol. The van der Waals surface area contributed by atoms with Crippen molar-refractivity contribution in [3.8, 4) is 5.75 Å². The number of nitrogens with one attached hydrogen (secondary N) is 1. The fourth-order valence-corrected chi connectivity index (χ4v) is 2.09.